The van der Waals surface area contributed by atoms with Crippen molar-refractivity contribution in [2.45, 2.75) is 57.9 Å². The number of hydrogen-bond donors (Lipinski definition) is 6. The number of aryl methyl sites for hydroxylation is 1. The Hall–Kier alpha value is -4.93. The van der Waals surface area contributed by atoms with Crippen LogP contribution < -0.4 is 21.7 Å². The van der Waals surface area contributed by atoms with Crippen molar-refractivity contribution in [2.75, 3.05) is 5.32 Å². The number of carboxylic acid groups (broad SMARTS) is 1. The number of carboxylic acids is 1. The maximum Gasteiger partial charge on any atom is 0.323 e. The van der Waals surface area contributed by atoms with Gasteiger partial charge in [-0.25, -0.2) is 9.59 Å². The van der Waals surface area contributed by atoms with Gasteiger partial charge in [-0.15, -0.1) is 0 Å². The van der Waals surface area contributed by atoms with Gasteiger partial charge in [-0.3, -0.25) is 19.7 Å². The van der Waals surface area contributed by atoms with Crippen LogP contribution in [0.25, 0.3) is 10.9 Å². The topological polar surface area (TPSA) is 187 Å². The predicted molar refractivity (Wildman–Crippen MR) is 156 cm³/mol. The number of aliphatic carboxylic acids is 1. The molecule has 0 bridgehead atoms. The molecule has 2 aromatic carbocycles. The van der Waals surface area contributed by atoms with Gasteiger partial charge in [-0.2, -0.15) is 0 Å². The third-order valence-electron chi connectivity index (χ3n) is 7.41. The molecule has 0 saturated carbocycles. The average Bonchev–Trinajstić information content (AvgIpc) is 3.31. The Labute approximate surface area is 242 Å². The Kier molecular flexibility index (Phi) is 9.41. The van der Waals surface area contributed by atoms with E-state index in [1.807, 2.05) is 49.4 Å². The highest BCUT2D eigenvalue weighted by atomic mass is 16.4. The van der Waals surface area contributed by atoms with Crippen molar-refractivity contribution in [3.05, 3.63) is 71.4 Å². The number of carbonyl (C=O) groups is 4. The fourth-order valence-electron chi connectivity index (χ4n) is 5.29. The van der Waals surface area contributed by atoms with Gasteiger partial charge < -0.3 is 31.4 Å². The zero-order valence-corrected chi connectivity index (χ0v) is 23.3. The molecular weight excluding hydrogens is 540 g/mol. The molecule has 0 spiro atoms. The summed E-state index contributed by atoms with van der Waals surface area (Å²) < 4.78 is 0. The van der Waals surface area contributed by atoms with Crippen LogP contribution in [-0.2, 0) is 32.1 Å². The minimum atomic E-state index is -1.47. The number of urea groups is 1. The van der Waals surface area contributed by atoms with E-state index in [1.54, 1.807) is 23.8 Å². The summed E-state index contributed by atoms with van der Waals surface area (Å²) in [4.78, 5) is 66.7. The number of rotatable bonds is 11. The highest BCUT2D eigenvalue weighted by molar-refractivity contribution is 5.93. The molecule has 12 nitrogen and oxygen atoms in total. The number of amides is 4. The maximum atomic E-state index is 13.7. The van der Waals surface area contributed by atoms with Crippen LogP contribution >= 0.6 is 0 Å². The lowest BCUT2D eigenvalue weighted by atomic mass is 9.93. The van der Waals surface area contributed by atoms with Crippen LogP contribution in [0.1, 0.15) is 36.6 Å². The van der Waals surface area contributed by atoms with E-state index < -0.39 is 54.4 Å². The van der Waals surface area contributed by atoms with E-state index in [0.717, 1.165) is 27.7 Å². The van der Waals surface area contributed by atoms with E-state index in [9.17, 15) is 29.1 Å². The summed E-state index contributed by atoms with van der Waals surface area (Å²) in [6.07, 6.45) is 0.422. The van der Waals surface area contributed by atoms with Crippen molar-refractivity contribution in [1.82, 2.24) is 20.5 Å². The Morgan fingerprint density at radius 1 is 1.19 bits per heavy atom. The van der Waals surface area contributed by atoms with Crippen molar-refractivity contribution in [1.29, 1.82) is 0 Å². The van der Waals surface area contributed by atoms with Gasteiger partial charge >= 0.3 is 12.0 Å². The molecule has 0 fully saturated rings. The summed E-state index contributed by atoms with van der Waals surface area (Å²) in [6.45, 7) is 3.87. The van der Waals surface area contributed by atoms with Crippen molar-refractivity contribution in [3.63, 3.8) is 0 Å². The van der Waals surface area contributed by atoms with Gasteiger partial charge in [0.05, 0.1) is 25.2 Å². The monoisotopic (exact) mass is 574 g/mol. The molecule has 220 valence electrons. The molecule has 3 aromatic rings. The molecule has 0 radical (unpaired) electrons. The molecule has 4 rings (SSSR count). The van der Waals surface area contributed by atoms with Crippen LogP contribution in [0.15, 0.2) is 54.6 Å². The van der Waals surface area contributed by atoms with Crippen LogP contribution in [-0.4, -0.2) is 63.0 Å². The number of H-pyrrole nitrogens is 1. The van der Waals surface area contributed by atoms with Crippen LogP contribution in [0, 0.1) is 12.8 Å². The SMILES string of the molecule is CC[C@H](C=C=O)[C@H](N[C@H]1Cc2c([nH]c3ccccc23)CN1C(=O)Nc1cccc(C)c1)C(=O)N[C@@H](CC(=O)O)C(N)=O. The summed E-state index contributed by atoms with van der Waals surface area (Å²) >= 11 is 0. The van der Waals surface area contributed by atoms with E-state index in [1.165, 1.54) is 6.08 Å². The lowest BCUT2D eigenvalue weighted by Gasteiger charge is -2.39. The number of carbonyl (C=O) groups excluding carboxylic acids is 4. The van der Waals surface area contributed by atoms with E-state index in [0.29, 0.717) is 18.5 Å². The number of primary amides is 1. The fourth-order valence-corrected chi connectivity index (χ4v) is 5.29. The number of anilines is 1. The first-order valence-electron chi connectivity index (χ1n) is 13.6. The summed E-state index contributed by atoms with van der Waals surface area (Å²) in [7, 11) is 0. The second-order valence-corrected chi connectivity index (χ2v) is 10.3. The molecular formula is C30H34N6O6. The molecule has 0 aliphatic carbocycles. The van der Waals surface area contributed by atoms with Gasteiger partial charge in [0.2, 0.25) is 11.8 Å². The first kappa shape index (κ1) is 30.0. The number of nitrogens with two attached hydrogens (primary N) is 1. The number of nitrogens with zero attached hydrogens (tertiary/aromatic N) is 1. The Bertz CT molecular complexity index is 1540. The number of aromatic amines is 1. The minimum Gasteiger partial charge on any atom is -0.481 e. The summed E-state index contributed by atoms with van der Waals surface area (Å²) in [5.74, 6) is -2.02. The Morgan fingerprint density at radius 3 is 2.62 bits per heavy atom. The minimum absolute atomic E-state index is 0.191. The predicted octanol–water partition coefficient (Wildman–Crippen LogP) is 2.21. The van der Waals surface area contributed by atoms with Crippen molar-refractivity contribution in [3.8, 4) is 0 Å². The number of benzene rings is 2. The molecule has 0 unspecified atom stereocenters. The summed E-state index contributed by atoms with van der Waals surface area (Å²) in [5, 5.41) is 18.7. The van der Waals surface area contributed by atoms with E-state index >= 15 is 0 Å². The standard InChI is InChI=1S/C30H34N6O6/c1-3-18(11-12-37)27(29(41)34-23(28(31)40)15-26(38)39)35-25-14-21-20-9-4-5-10-22(20)33-24(21)16-36(25)30(42)32-19-8-6-7-17(2)13-19/h4-11,13,18,23,25,27,33,35H,3,14-16H2,1-2H3,(H2,31,40)(H,32,42)(H,34,41)(H,38,39)/t18-,23+,25-,27+/m1/s1. The van der Waals surface area contributed by atoms with Crippen LogP contribution in [0.2, 0.25) is 0 Å². The van der Waals surface area contributed by atoms with Crippen molar-refractivity contribution < 1.29 is 29.1 Å². The maximum absolute atomic E-state index is 13.7. The zero-order chi connectivity index (χ0) is 30.4. The van der Waals surface area contributed by atoms with Crippen molar-refractivity contribution >= 4 is 46.3 Å². The smallest absolute Gasteiger partial charge is 0.323 e. The fraction of sp³-hybridized carbons (Fsp3) is 0.333. The largest absolute Gasteiger partial charge is 0.481 e. The normalized spacial score (nSPS) is 16.4. The van der Waals surface area contributed by atoms with Gasteiger partial charge in [0.1, 0.15) is 12.0 Å². The van der Waals surface area contributed by atoms with Gasteiger partial charge in [0.25, 0.3) is 0 Å². The lowest BCUT2D eigenvalue weighted by Crippen LogP contribution is -2.61. The van der Waals surface area contributed by atoms with E-state index in [4.69, 9.17) is 5.73 Å². The molecule has 1 aliphatic rings. The molecule has 4 amide bonds. The quantitative estimate of drug-likeness (QED) is 0.189. The van der Waals surface area contributed by atoms with Crippen LogP contribution in [0.4, 0.5) is 10.5 Å². The zero-order valence-electron chi connectivity index (χ0n) is 23.3. The number of para-hydroxylation sites is 1. The lowest BCUT2D eigenvalue weighted by molar-refractivity contribution is -0.140. The highest BCUT2D eigenvalue weighted by Crippen LogP contribution is 2.31. The number of fused-ring (bicyclic) bond motifs is 3. The first-order valence-corrected chi connectivity index (χ1v) is 13.6. The molecule has 7 N–H and O–H groups in total. The van der Waals surface area contributed by atoms with Crippen LogP contribution in [0.3, 0.4) is 0 Å². The summed E-state index contributed by atoms with van der Waals surface area (Å²) in [5.41, 5.74) is 9.65. The summed E-state index contributed by atoms with van der Waals surface area (Å²) in [6, 6.07) is 12.1. The number of hydrogen-bond acceptors (Lipinski definition) is 6. The Balaban J connectivity index is 1.70. The second kappa shape index (κ2) is 13.2. The van der Waals surface area contributed by atoms with Gasteiger partial charge in [-0.1, -0.05) is 37.3 Å². The van der Waals surface area contributed by atoms with Crippen LogP contribution in [0.5, 0.6) is 0 Å². The molecule has 42 heavy (non-hydrogen) atoms. The first-order chi connectivity index (χ1) is 20.1. The number of nitrogens with one attached hydrogen (secondary N) is 4. The molecule has 1 aliphatic heterocycles. The van der Waals surface area contributed by atoms with Gasteiger partial charge in [0, 0.05) is 40.7 Å². The number of aromatic nitrogens is 1. The molecule has 2 heterocycles. The second-order valence-electron chi connectivity index (χ2n) is 10.3. The third-order valence-corrected chi connectivity index (χ3v) is 7.41. The van der Waals surface area contributed by atoms with Crippen molar-refractivity contribution in [2.24, 2.45) is 11.7 Å². The third kappa shape index (κ3) is 6.85. The molecule has 12 heteroatoms. The molecule has 4 atom stereocenters. The van der Waals surface area contributed by atoms with Gasteiger partial charge in [-0.05, 0) is 42.7 Å². The highest BCUT2D eigenvalue weighted by Gasteiger charge is 2.38. The Morgan fingerprint density at radius 2 is 1.95 bits per heavy atom. The van der Waals surface area contributed by atoms with Gasteiger partial charge in [0.15, 0.2) is 0 Å². The van der Waals surface area contributed by atoms with E-state index in [2.05, 4.69) is 20.9 Å². The molecule has 1 aromatic heterocycles. The average molecular weight is 575 g/mol. The molecule has 0 saturated heterocycles. The van der Waals surface area contributed by atoms with E-state index in [-0.39, 0.29) is 6.54 Å².